The molecule has 0 saturated heterocycles. The predicted molar refractivity (Wildman–Crippen MR) is 88.3 cm³/mol. The molecule has 0 bridgehead atoms. The van der Waals surface area contributed by atoms with Crippen molar-refractivity contribution in [3.05, 3.63) is 32.9 Å². The van der Waals surface area contributed by atoms with Crippen LogP contribution in [-0.4, -0.2) is 17.4 Å². The summed E-state index contributed by atoms with van der Waals surface area (Å²) in [6.45, 7) is 8.56. The second-order valence-electron chi connectivity index (χ2n) is 5.72. The van der Waals surface area contributed by atoms with Crippen molar-refractivity contribution >= 4 is 17.3 Å². The number of carbonyl (C=O) groups is 1. The first-order chi connectivity index (χ1) is 10.3. The van der Waals surface area contributed by atoms with Crippen LogP contribution in [-0.2, 0) is 12.8 Å². The van der Waals surface area contributed by atoms with Gasteiger partial charge in [-0.1, -0.05) is 27.7 Å². The van der Waals surface area contributed by atoms with Gasteiger partial charge in [0.05, 0.1) is 4.92 Å². The zero-order valence-corrected chi connectivity index (χ0v) is 13.7. The number of hydrogen-bond acceptors (Lipinski definition) is 4. The van der Waals surface area contributed by atoms with Gasteiger partial charge in [0.15, 0.2) is 0 Å². The zero-order chi connectivity index (χ0) is 16.9. The minimum absolute atomic E-state index is 0.0144. The third-order valence-electron chi connectivity index (χ3n) is 3.69. The molecule has 6 heteroatoms. The summed E-state index contributed by atoms with van der Waals surface area (Å²) in [7, 11) is 0. The van der Waals surface area contributed by atoms with E-state index in [0.717, 1.165) is 12.0 Å². The standard InChI is InChI=1S/C16H25N3O3/c1-5-11-9-13(16(17)20)12(6-2)15(19(21)22)14(11)18-8-7-10(3)4/h9-10,18H,5-8H2,1-4H3,(H2,17,20). The maximum Gasteiger partial charge on any atom is 0.296 e. The van der Waals surface area contributed by atoms with Crippen LogP contribution in [0.15, 0.2) is 6.07 Å². The number of amides is 1. The SMILES string of the molecule is CCc1cc(C(N)=O)c(CC)c([N+](=O)[O-])c1NCCC(C)C. The van der Waals surface area contributed by atoms with Gasteiger partial charge >= 0.3 is 0 Å². The lowest BCUT2D eigenvalue weighted by Gasteiger charge is -2.16. The molecule has 0 aromatic heterocycles. The van der Waals surface area contributed by atoms with E-state index in [1.807, 2.05) is 6.92 Å². The van der Waals surface area contributed by atoms with E-state index < -0.39 is 10.8 Å². The van der Waals surface area contributed by atoms with Crippen molar-refractivity contribution in [3.8, 4) is 0 Å². The molecule has 0 unspecified atom stereocenters. The molecule has 0 heterocycles. The van der Waals surface area contributed by atoms with Crippen molar-refractivity contribution in [3.63, 3.8) is 0 Å². The van der Waals surface area contributed by atoms with Crippen molar-refractivity contribution in [1.82, 2.24) is 0 Å². The van der Waals surface area contributed by atoms with Crippen LogP contribution in [0.2, 0.25) is 0 Å². The minimum atomic E-state index is -0.622. The van der Waals surface area contributed by atoms with Gasteiger partial charge in [0.2, 0.25) is 5.91 Å². The minimum Gasteiger partial charge on any atom is -0.379 e. The molecule has 1 aromatic carbocycles. The van der Waals surface area contributed by atoms with Crippen LogP contribution in [0.4, 0.5) is 11.4 Å². The molecule has 0 fully saturated rings. The number of rotatable bonds is 8. The van der Waals surface area contributed by atoms with Gasteiger partial charge in [-0.3, -0.25) is 14.9 Å². The summed E-state index contributed by atoms with van der Waals surface area (Å²) in [5.74, 6) is -0.115. The van der Waals surface area contributed by atoms with Gasteiger partial charge in [0.1, 0.15) is 5.69 Å². The Morgan fingerprint density at radius 1 is 1.36 bits per heavy atom. The van der Waals surface area contributed by atoms with Crippen molar-refractivity contribution in [2.24, 2.45) is 11.7 Å². The molecule has 22 heavy (non-hydrogen) atoms. The molecule has 3 N–H and O–H groups in total. The Kier molecular flexibility index (Phi) is 6.34. The summed E-state index contributed by atoms with van der Waals surface area (Å²) >= 11 is 0. The number of nitrogens with zero attached hydrogens (tertiary/aromatic N) is 1. The third kappa shape index (κ3) is 3.96. The second kappa shape index (κ2) is 7.77. The number of nitrogens with one attached hydrogen (secondary N) is 1. The monoisotopic (exact) mass is 307 g/mol. The van der Waals surface area contributed by atoms with E-state index in [4.69, 9.17) is 5.73 Å². The topological polar surface area (TPSA) is 98.3 Å². The largest absolute Gasteiger partial charge is 0.379 e. The van der Waals surface area contributed by atoms with Crippen molar-refractivity contribution in [2.45, 2.75) is 47.0 Å². The van der Waals surface area contributed by atoms with Gasteiger partial charge in [-0.15, -0.1) is 0 Å². The first-order valence-corrected chi connectivity index (χ1v) is 7.70. The van der Waals surface area contributed by atoms with Crippen molar-refractivity contribution in [1.29, 1.82) is 0 Å². The average Bonchev–Trinajstić information content (AvgIpc) is 2.44. The molecule has 122 valence electrons. The van der Waals surface area contributed by atoms with E-state index in [-0.39, 0.29) is 11.3 Å². The number of aryl methyl sites for hydroxylation is 1. The van der Waals surface area contributed by atoms with Gasteiger partial charge in [-0.05, 0) is 36.8 Å². The van der Waals surface area contributed by atoms with E-state index in [1.54, 1.807) is 13.0 Å². The number of carbonyl (C=O) groups excluding carboxylic acids is 1. The first kappa shape index (κ1) is 17.9. The van der Waals surface area contributed by atoms with Gasteiger partial charge in [-0.25, -0.2) is 0 Å². The molecule has 0 atom stereocenters. The lowest BCUT2D eigenvalue weighted by atomic mass is 9.95. The van der Waals surface area contributed by atoms with Gasteiger partial charge in [-0.2, -0.15) is 0 Å². The summed E-state index contributed by atoms with van der Waals surface area (Å²) in [4.78, 5) is 22.8. The molecule has 1 rings (SSSR count). The van der Waals surface area contributed by atoms with E-state index in [0.29, 0.717) is 36.6 Å². The molecule has 0 aliphatic heterocycles. The van der Waals surface area contributed by atoms with Crippen LogP contribution in [0.3, 0.4) is 0 Å². The van der Waals surface area contributed by atoms with E-state index in [2.05, 4.69) is 19.2 Å². The number of benzene rings is 1. The molecule has 0 aliphatic carbocycles. The van der Waals surface area contributed by atoms with E-state index in [1.165, 1.54) is 0 Å². The Balaban J connectivity index is 3.44. The summed E-state index contributed by atoms with van der Waals surface area (Å²) in [5, 5.41) is 14.7. The fourth-order valence-corrected chi connectivity index (χ4v) is 2.51. The highest BCUT2D eigenvalue weighted by atomic mass is 16.6. The van der Waals surface area contributed by atoms with Crippen LogP contribution in [0.1, 0.15) is 55.6 Å². The van der Waals surface area contributed by atoms with Crippen LogP contribution in [0.25, 0.3) is 0 Å². The highest BCUT2D eigenvalue weighted by Crippen LogP contribution is 2.36. The zero-order valence-electron chi connectivity index (χ0n) is 13.7. The Morgan fingerprint density at radius 3 is 2.41 bits per heavy atom. The van der Waals surface area contributed by atoms with Crippen LogP contribution in [0.5, 0.6) is 0 Å². The van der Waals surface area contributed by atoms with Crippen molar-refractivity contribution in [2.75, 3.05) is 11.9 Å². The lowest BCUT2D eigenvalue weighted by Crippen LogP contribution is -2.18. The Morgan fingerprint density at radius 2 is 2.00 bits per heavy atom. The molecule has 6 nitrogen and oxygen atoms in total. The van der Waals surface area contributed by atoms with Gasteiger partial charge in [0.25, 0.3) is 5.69 Å². The highest BCUT2D eigenvalue weighted by Gasteiger charge is 2.26. The third-order valence-corrected chi connectivity index (χ3v) is 3.69. The maximum absolute atomic E-state index is 11.6. The Hall–Kier alpha value is -2.11. The summed E-state index contributed by atoms with van der Waals surface area (Å²) < 4.78 is 0. The summed E-state index contributed by atoms with van der Waals surface area (Å²) in [6.07, 6.45) is 1.89. The molecule has 0 saturated carbocycles. The number of nitro benzene ring substituents is 1. The number of nitro groups is 1. The predicted octanol–water partition coefficient (Wildman–Crippen LogP) is 3.28. The first-order valence-electron chi connectivity index (χ1n) is 7.70. The molecule has 1 amide bonds. The van der Waals surface area contributed by atoms with E-state index >= 15 is 0 Å². The molecular weight excluding hydrogens is 282 g/mol. The van der Waals surface area contributed by atoms with Crippen molar-refractivity contribution < 1.29 is 9.72 Å². The highest BCUT2D eigenvalue weighted by molar-refractivity contribution is 5.97. The van der Waals surface area contributed by atoms with Crippen LogP contribution in [0, 0.1) is 16.0 Å². The number of hydrogen-bond donors (Lipinski definition) is 2. The molecule has 1 aromatic rings. The smallest absolute Gasteiger partial charge is 0.296 e. The molecule has 0 radical (unpaired) electrons. The summed E-state index contributed by atoms with van der Waals surface area (Å²) in [5.41, 5.74) is 7.31. The quantitative estimate of drug-likeness (QED) is 0.568. The fourth-order valence-electron chi connectivity index (χ4n) is 2.51. The molecule has 0 aliphatic rings. The maximum atomic E-state index is 11.6. The number of anilines is 1. The second-order valence-corrected chi connectivity index (χ2v) is 5.72. The average molecular weight is 307 g/mol. The lowest BCUT2D eigenvalue weighted by molar-refractivity contribution is -0.384. The summed E-state index contributed by atoms with van der Waals surface area (Å²) in [6, 6.07) is 1.69. The number of primary amides is 1. The Labute approximate surface area is 131 Å². The van der Waals surface area contributed by atoms with Gasteiger partial charge < -0.3 is 11.1 Å². The van der Waals surface area contributed by atoms with Gasteiger partial charge in [0, 0.05) is 17.7 Å². The van der Waals surface area contributed by atoms with E-state index in [9.17, 15) is 14.9 Å². The van der Waals surface area contributed by atoms with Crippen LogP contribution < -0.4 is 11.1 Å². The molecule has 0 spiro atoms. The normalized spacial score (nSPS) is 10.8. The molecular formula is C16H25N3O3. The fraction of sp³-hybridized carbons (Fsp3) is 0.562. The van der Waals surface area contributed by atoms with Crippen LogP contribution >= 0.6 is 0 Å². The number of nitrogens with two attached hydrogens (primary N) is 1. The Bertz CT molecular complexity index is 568.